The second-order valence-corrected chi connectivity index (χ2v) is 8.47. The van der Waals surface area contributed by atoms with E-state index in [4.69, 9.17) is 9.31 Å². The lowest BCUT2D eigenvalue weighted by Gasteiger charge is -2.32. The van der Waals surface area contributed by atoms with Gasteiger partial charge in [0, 0.05) is 6.54 Å². The van der Waals surface area contributed by atoms with Crippen LogP contribution in [0.1, 0.15) is 47.1 Å². The number of hydrogen-bond donors (Lipinski definition) is 1. The number of hydrogen-bond acceptors (Lipinski definition) is 3. The van der Waals surface area contributed by atoms with Crippen molar-refractivity contribution in [3.8, 4) is 0 Å². The van der Waals surface area contributed by atoms with Gasteiger partial charge in [0.1, 0.15) is 0 Å². The minimum absolute atomic E-state index is 0.336. The molecule has 0 bridgehead atoms. The van der Waals surface area contributed by atoms with Crippen LogP contribution >= 0.6 is 0 Å². The van der Waals surface area contributed by atoms with E-state index in [-0.39, 0.29) is 18.3 Å². The highest BCUT2D eigenvalue weighted by Gasteiger charge is 2.52. The molecule has 1 heterocycles. The summed E-state index contributed by atoms with van der Waals surface area (Å²) in [5, 5.41) is 5.99. The number of nitrogens with one attached hydrogen (secondary N) is 1. The maximum atomic E-state index is 6.38. The molecule has 134 valence electrons. The van der Waals surface area contributed by atoms with Crippen LogP contribution in [0.4, 0.5) is 0 Å². The van der Waals surface area contributed by atoms with Gasteiger partial charge in [0.05, 0.1) is 11.2 Å². The average molecular weight is 339 g/mol. The highest BCUT2D eigenvalue weighted by Crippen LogP contribution is 2.37. The second-order valence-electron chi connectivity index (χ2n) is 8.47. The third-order valence-corrected chi connectivity index (χ3v) is 5.42. The van der Waals surface area contributed by atoms with Crippen LogP contribution in [-0.4, -0.2) is 24.9 Å². The van der Waals surface area contributed by atoms with Crippen molar-refractivity contribution in [1.82, 2.24) is 5.32 Å². The van der Waals surface area contributed by atoms with Gasteiger partial charge in [-0.1, -0.05) is 50.2 Å². The van der Waals surface area contributed by atoms with Gasteiger partial charge in [0.25, 0.3) is 0 Å². The Hall–Kier alpha value is -1.36. The third-order valence-electron chi connectivity index (χ3n) is 5.42. The molecule has 1 aliphatic heterocycles. The van der Waals surface area contributed by atoms with Crippen LogP contribution in [0, 0.1) is 5.92 Å². The first kappa shape index (κ1) is 18.4. The van der Waals surface area contributed by atoms with Crippen LogP contribution in [0.15, 0.2) is 36.4 Å². The highest BCUT2D eigenvalue weighted by molar-refractivity contribution is 6.65. The highest BCUT2D eigenvalue weighted by atomic mass is 16.7. The Bertz CT molecular complexity index is 739. The molecule has 0 amide bonds. The largest absolute Gasteiger partial charge is 0.495 e. The van der Waals surface area contributed by atoms with Crippen LogP contribution in [0.5, 0.6) is 0 Å². The SMILES string of the molecule is CC(C)CNCc1ccc2ccccc2c1B1OC(C)(C)C(C)(C)O1. The van der Waals surface area contributed by atoms with Crippen molar-refractivity contribution in [1.29, 1.82) is 0 Å². The van der Waals surface area contributed by atoms with Crippen molar-refractivity contribution in [3.05, 3.63) is 42.0 Å². The molecule has 0 spiro atoms. The summed E-state index contributed by atoms with van der Waals surface area (Å²) in [6, 6.07) is 12.9. The van der Waals surface area contributed by atoms with E-state index in [0.29, 0.717) is 5.92 Å². The average Bonchev–Trinajstić information content (AvgIpc) is 2.74. The summed E-state index contributed by atoms with van der Waals surface area (Å²) in [7, 11) is -0.341. The molecule has 3 rings (SSSR count). The fraction of sp³-hybridized carbons (Fsp3) is 0.524. The Morgan fingerprint density at radius 1 is 0.960 bits per heavy atom. The lowest BCUT2D eigenvalue weighted by atomic mass is 9.73. The zero-order valence-electron chi connectivity index (χ0n) is 16.3. The van der Waals surface area contributed by atoms with Gasteiger partial charge in [-0.15, -0.1) is 0 Å². The first-order valence-electron chi connectivity index (χ1n) is 9.28. The summed E-state index contributed by atoms with van der Waals surface area (Å²) in [5.41, 5.74) is 1.74. The normalized spacial score (nSPS) is 19.1. The van der Waals surface area contributed by atoms with Crippen molar-refractivity contribution in [2.75, 3.05) is 6.54 Å². The van der Waals surface area contributed by atoms with E-state index in [1.54, 1.807) is 0 Å². The van der Waals surface area contributed by atoms with Gasteiger partial charge in [-0.05, 0) is 62.0 Å². The van der Waals surface area contributed by atoms with Gasteiger partial charge in [-0.2, -0.15) is 0 Å². The molecule has 1 saturated heterocycles. The number of fused-ring (bicyclic) bond motifs is 1. The minimum atomic E-state index is -0.341. The molecule has 0 aliphatic carbocycles. The Morgan fingerprint density at radius 3 is 2.24 bits per heavy atom. The van der Waals surface area contributed by atoms with E-state index < -0.39 is 0 Å². The maximum absolute atomic E-state index is 6.38. The molecule has 1 aliphatic rings. The topological polar surface area (TPSA) is 30.5 Å². The van der Waals surface area contributed by atoms with Crippen LogP contribution < -0.4 is 10.8 Å². The van der Waals surface area contributed by atoms with Crippen LogP contribution in [0.2, 0.25) is 0 Å². The Labute approximate surface area is 152 Å². The lowest BCUT2D eigenvalue weighted by molar-refractivity contribution is 0.00578. The second kappa shape index (κ2) is 6.75. The van der Waals surface area contributed by atoms with E-state index in [9.17, 15) is 0 Å². The number of benzene rings is 2. The van der Waals surface area contributed by atoms with Crippen LogP contribution in [0.25, 0.3) is 10.8 Å². The summed E-state index contributed by atoms with van der Waals surface area (Å²) in [5.74, 6) is 0.626. The van der Waals surface area contributed by atoms with Gasteiger partial charge < -0.3 is 14.6 Å². The zero-order chi connectivity index (χ0) is 18.2. The first-order chi connectivity index (χ1) is 11.7. The van der Waals surface area contributed by atoms with Gasteiger partial charge in [-0.3, -0.25) is 0 Å². The summed E-state index contributed by atoms with van der Waals surface area (Å²) in [6.07, 6.45) is 0. The quantitative estimate of drug-likeness (QED) is 0.839. The van der Waals surface area contributed by atoms with Crippen molar-refractivity contribution in [2.24, 2.45) is 5.92 Å². The lowest BCUT2D eigenvalue weighted by Crippen LogP contribution is -2.41. The van der Waals surface area contributed by atoms with E-state index in [1.807, 2.05) is 0 Å². The molecule has 4 heteroatoms. The van der Waals surface area contributed by atoms with Crippen LogP contribution in [0.3, 0.4) is 0 Å². The van der Waals surface area contributed by atoms with Gasteiger partial charge >= 0.3 is 7.12 Å². The molecule has 3 nitrogen and oxygen atoms in total. The summed E-state index contributed by atoms with van der Waals surface area (Å²) in [6.45, 7) is 14.7. The Morgan fingerprint density at radius 2 is 1.60 bits per heavy atom. The van der Waals surface area contributed by atoms with Gasteiger partial charge in [-0.25, -0.2) is 0 Å². The molecule has 0 atom stereocenters. The monoisotopic (exact) mass is 339 g/mol. The van der Waals surface area contributed by atoms with E-state index in [2.05, 4.69) is 83.3 Å². The Kier molecular flexibility index (Phi) is 4.98. The molecule has 1 fully saturated rings. The van der Waals surface area contributed by atoms with Crippen LogP contribution in [-0.2, 0) is 15.9 Å². The van der Waals surface area contributed by atoms with Crippen molar-refractivity contribution < 1.29 is 9.31 Å². The summed E-state index contributed by atoms with van der Waals surface area (Å²) < 4.78 is 12.8. The van der Waals surface area contributed by atoms with E-state index in [0.717, 1.165) is 18.6 Å². The Balaban J connectivity index is 2.02. The van der Waals surface area contributed by atoms with E-state index >= 15 is 0 Å². The van der Waals surface area contributed by atoms with E-state index in [1.165, 1.54) is 16.3 Å². The predicted molar refractivity (Wildman–Crippen MR) is 106 cm³/mol. The smallest absolute Gasteiger partial charge is 0.399 e. The van der Waals surface area contributed by atoms with Crippen molar-refractivity contribution in [2.45, 2.75) is 59.3 Å². The molecular weight excluding hydrogens is 309 g/mol. The first-order valence-corrected chi connectivity index (χ1v) is 9.28. The van der Waals surface area contributed by atoms with Gasteiger partial charge in [0.15, 0.2) is 0 Å². The molecule has 0 radical (unpaired) electrons. The molecule has 2 aromatic carbocycles. The maximum Gasteiger partial charge on any atom is 0.495 e. The molecular formula is C21H30BNO2. The molecule has 25 heavy (non-hydrogen) atoms. The predicted octanol–water partition coefficient (Wildman–Crippen LogP) is 3.88. The zero-order valence-corrected chi connectivity index (χ0v) is 16.3. The number of rotatable bonds is 5. The summed E-state index contributed by atoms with van der Waals surface area (Å²) in [4.78, 5) is 0. The molecule has 0 aromatic heterocycles. The molecule has 1 N–H and O–H groups in total. The van der Waals surface area contributed by atoms with Crippen molar-refractivity contribution >= 4 is 23.4 Å². The van der Waals surface area contributed by atoms with Gasteiger partial charge in [0.2, 0.25) is 0 Å². The molecule has 0 saturated carbocycles. The molecule has 0 unspecified atom stereocenters. The molecule has 2 aromatic rings. The minimum Gasteiger partial charge on any atom is -0.399 e. The third kappa shape index (κ3) is 3.62. The standard InChI is InChI=1S/C21H30BNO2/c1-15(2)13-23-14-17-12-11-16-9-7-8-10-18(16)19(17)22-24-20(3,4)21(5,6)25-22/h7-12,15,23H,13-14H2,1-6H3. The fourth-order valence-electron chi connectivity index (χ4n) is 3.23. The fourth-order valence-corrected chi connectivity index (χ4v) is 3.23. The van der Waals surface area contributed by atoms with Crippen molar-refractivity contribution in [3.63, 3.8) is 0 Å². The summed E-state index contributed by atoms with van der Waals surface area (Å²) >= 11 is 0.